The molecule has 1 saturated carbocycles. The van der Waals surface area contributed by atoms with Gasteiger partial charge in [0.1, 0.15) is 5.54 Å². The molecule has 2 fully saturated rings. The maximum Gasteiger partial charge on any atom is 0.323 e. The van der Waals surface area contributed by atoms with Crippen molar-refractivity contribution in [3.8, 4) is 0 Å². The van der Waals surface area contributed by atoms with Gasteiger partial charge in [-0.2, -0.15) is 0 Å². The first-order valence-corrected chi connectivity index (χ1v) is 8.26. The fourth-order valence-electron chi connectivity index (χ4n) is 3.91. The Bertz CT molecular complexity index is 375. The highest BCUT2D eigenvalue weighted by Crippen LogP contribution is 2.36. The molecule has 0 radical (unpaired) electrons. The molecule has 2 rings (SSSR count). The van der Waals surface area contributed by atoms with Gasteiger partial charge in [-0.25, -0.2) is 0 Å². The lowest BCUT2D eigenvalue weighted by molar-refractivity contribution is -0.145. The van der Waals surface area contributed by atoms with Crippen molar-refractivity contribution in [1.29, 1.82) is 0 Å². The minimum atomic E-state index is -0.751. The summed E-state index contributed by atoms with van der Waals surface area (Å²) in [4.78, 5) is 14.3. The van der Waals surface area contributed by atoms with Crippen LogP contribution in [0.1, 0.15) is 53.4 Å². The van der Waals surface area contributed by atoms with E-state index >= 15 is 0 Å². The molecule has 21 heavy (non-hydrogen) atoms. The summed E-state index contributed by atoms with van der Waals surface area (Å²) >= 11 is 0. The molecule has 2 aliphatic rings. The zero-order valence-electron chi connectivity index (χ0n) is 13.8. The summed E-state index contributed by atoms with van der Waals surface area (Å²) in [5.41, 5.74) is -0.751. The SMILES string of the molecule is CCC1COC(C)CN1C1CCC(NC(C)C)(C(=O)O)C1. The molecule has 4 atom stereocenters. The monoisotopic (exact) mass is 298 g/mol. The van der Waals surface area contributed by atoms with Crippen molar-refractivity contribution < 1.29 is 14.6 Å². The summed E-state index contributed by atoms with van der Waals surface area (Å²) in [5.74, 6) is -0.701. The number of aliphatic carboxylic acids is 1. The molecule has 1 saturated heterocycles. The van der Waals surface area contributed by atoms with E-state index < -0.39 is 11.5 Å². The Morgan fingerprint density at radius 2 is 2.24 bits per heavy atom. The molecule has 0 spiro atoms. The molecule has 0 bridgehead atoms. The summed E-state index contributed by atoms with van der Waals surface area (Å²) in [5, 5.41) is 13.0. The van der Waals surface area contributed by atoms with E-state index in [1.807, 2.05) is 13.8 Å². The first kappa shape index (κ1) is 16.7. The number of carboxylic acid groups (broad SMARTS) is 1. The minimum Gasteiger partial charge on any atom is -0.480 e. The quantitative estimate of drug-likeness (QED) is 0.811. The van der Waals surface area contributed by atoms with Crippen molar-refractivity contribution >= 4 is 5.97 Å². The second-order valence-corrected chi connectivity index (χ2v) is 6.99. The van der Waals surface area contributed by atoms with Gasteiger partial charge in [0.25, 0.3) is 0 Å². The van der Waals surface area contributed by atoms with Gasteiger partial charge in [-0.15, -0.1) is 0 Å². The van der Waals surface area contributed by atoms with Gasteiger partial charge >= 0.3 is 5.97 Å². The molecule has 2 N–H and O–H groups in total. The zero-order valence-corrected chi connectivity index (χ0v) is 13.8. The molecule has 4 unspecified atom stereocenters. The first-order valence-electron chi connectivity index (χ1n) is 8.26. The van der Waals surface area contributed by atoms with Gasteiger partial charge in [0.15, 0.2) is 0 Å². The third-order valence-electron chi connectivity index (χ3n) is 4.91. The second kappa shape index (κ2) is 6.63. The Hall–Kier alpha value is -0.650. The Balaban J connectivity index is 2.10. The van der Waals surface area contributed by atoms with E-state index in [1.165, 1.54) is 0 Å². The fraction of sp³-hybridized carbons (Fsp3) is 0.938. The maximum atomic E-state index is 11.8. The van der Waals surface area contributed by atoms with Crippen LogP contribution in [0, 0.1) is 0 Å². The number of ether oxygens (including phenoxy) is 1. The molecular weight excluding hydrogens is 268 g/mol. The smallest absolute Gasteiger partial charge is 0.323 e. The van der Waals surface area contributed by atoms with E-state index in [1.54, 1.807) is 0 Å². The van der Waals surface area contributed by atoms with Crippen LogP contribution in [0.4, 0.5) is 0 Å². The van der Waals surface area contributed by atoms with Crippen molar-refractivity contribution in [1.82, 2.24) is 10.2 Å². The van der Waals surface area contributed by atoms with E-state index in [9.17, 15) is 9.90 Å². The largest absolute Gasteiger partial charge is 0.480 e. The molecule has 1 heterocycles. The molecule has 0 amide bonds. The average molecular weight is 298 g/mol. The molecule has 0 aromatic rings. The molecule has 0 aromatic heterocycles. The van der Waals surface area contributed by atoms with Gasteiger partial charge in [0.2, 0.25) is 0 Å². The molecule has 5 heteroatoms. The lowest BCUT2D eigenvalue weighted by Crippen LogP contribution is -2.56. The standard InChI is InChI=1S/C16H30N2O3/c1-5-13-10-21-12(4)9-18(13)14-6-7-16(8-14,15(19)20)17-11(2)3/h11-14,17H,5-10H2,1-4H3,(H,19,20). The Morgan fingerprint density at radius 1 is 1.52 bits per heavy atom. The van der Waals surface area contributed by atoms with E-state index in [-0.39, 0.29) is 12.1 Å². The van der Waals surface area contributed by atoms with Crippen molar-refractivity contribution in [2.24, 2.45) is 0 Å². The summed E-state index contributed by atoms with van der Waals surface area (Å²) in [6, 6.07) is 0.962. The van der Waals surface area contributed by atoms with Gasteiger partial charge < -0.3 is 9.84 Å². The summed E-state index contributed by atoms with van der Waals surface area (Å²) in [6.45, 7) is 10.0. The topological polar surface area (TPSA) is 61.8 Å². The number of nitrogens with one attached hydrogen (secondary N) is 1. The Kier molecular flexibility index (Phi) is 5.28. The van der Waals surface area contributed by atoms with Crippen molar-refractivity contribution in [3.63, 3.8) is 0 Å². The van der Waals surface area contributed by atoms with Crippen LogP contribution in [0.3, 0.4) is 0 Å². The minimum absolute atomic E-state index is 0.186. The van der Waals surface area contributed by atoms with Crippen LogP contribution < -0.4 is 5.32 Å². The van der Waals surface area contributed by atoms with Crippen LogP contribution in [0.2, 0.25) is 0 Å². The Morgan fingerprint density at radius 3 is 2.81 bits per heavy atom. The van der Waals surface area contributed by atoms with Crippen LogP contribution in [-0.4, -0.2) is 58.9 Å². The number of carboxylic acids is 1. The van der Waals surface area contributed by atoms with Crippen molar-refractivity contribution in [2.75, 3.05) is 13.2 Å². The van der Waals surface area contributed by atoms with E-state index in [0.29, 0.717) is 24.9 Å². The number of carbonyl (C=O) groups is 1. The molecule has 1 aliphatic heterocycles. The number of nitrogens with zero attached hydrogens (tertiary/aromatic N) is 1. The van der Waals surface area contributed by atoms with Crippen LogP contribution >= 0.6 is 0 Å². The normalized spacial score (nSPS) is 38.0. The molecular formula is C16H30N2O3. The predicted molar refractivity (Wildman–Crippen MR) is 82.5 cm³/mol. The highest BCUT2D eigenvalue weighted by atomic mass is 16.5. The number of rotatable bonds is 5. The van der Waals surface area contributed by atoms with Crippen molar-refractivity contribution in [3.05, 3.63) is 0 Å². The first-order chi connectivity index (χ1) is 9.88. The highest BCUT2D eigenvalue weighted by Gasteiger charge is 2.48. The average Bonchev–Trinajstić information content (AvgIpc) is 2.83. The number of hydrogen-bond acceptors (Lipinski definition) is 4. The van der Waals surface area contributed by atoms with Crippen LogP contribution in [0.25, 0.3) is 0 Å². The summed E-state index contributed by atoms with van der Waals surface area (Å²) < 4.78 is 5.76. The fourth-order valence-corrected chi connectivity index (χ4v) is 3.91. The van der Waals surface area contributed by atoms with Gasteiger partial charge in [-0.1, -0.05) is 6.92 Å². The van der Waals surface area contributed by atoms with Crippen molar-refractivity contribution in [2.45, 2.75) is 83.1 Å². The lowest BCUT2D eigenvalue weighted by atomic mass is 9.95. The van der Waals surface area contributed by atoms with Crippen LogP contribution in [0.5, 0.6) is 0 Å². The maximum absolute atomic E-state index is 11.8. The summed E-state index contributed by atoms with van der Waals surface area (Å²) in [7, 11) is 0. The number of hydrogen-bond donors (Lipinski definition) is 2. The third kappa shape index (κ3) is 3.58. The zero-order chi connectivity index (χ0) is 15.6. The van der Waals surface area contributed by atoms with E-state index in [2.05, 4.69) is 24.1 Å². The highest BCUT2D eigenvalue weighted by molar-refractivity contribution is 5.79. The van der Waals surface area contributed by atoms with Gasteiger partial charge in [0.05, 0.1) is 12.7 Å². The van der Waals surface area contributed by atoms with Gasteiger partial charge in [-0.05, 0) is 46.5 Å². The van der Waals surface area contributed by atoms with Crippen LogP contribution in [-0.2, 0) is 9.53 Å². The molecule has 1 aliphatic carbocycles. The molecule has 0 aromatic carbocycles. The van der Waals surface area contributed by atoms with Gasteiger partial charge in [-0.3, -0.25) is 15.0 Å². The summed E-state index contributed by atoms with van der Waals surface area (Å²) in [6.07, 6.45) is 3.67. The number of morpholine rings is 1. The Labute approximate surface area is 128 Å². The third-order valence-corrected chi connectivity index (χ3v) is 4.91. The van der Waals surface area contributed by atoms with Crippen LogP contribution in [0.15, 0.2) is 0 Å². The molecule has 5 nitrogen and oxygen atoms in total. The van der Waals surface area contributed by atoms with E-state index in [4.69, 9.17) is 4.74 Å². The second-order valence-electron chi connectivity index (χ2n) is 6.99. The molecule has 122 valence electrons. The lowest BCUT2D eigenvalue weighted by Gasteiger charge is -2.42. The predicted octanol–water partition coefficient (Wildman–Crippen LogP) is 1.86. The van der Waals surface area contributed by atoms with Gasteiger partial charge in [0, 0.05) is 24.7 Å². The van der Waals surface area contributed by atoms with E-state index in [0.717, 1.165) is 26.0 Å².